The summed E-state index contributed by atoms with van der Waals surface area (Å²) in [5.74, 6) is -0.847. The Hall–Kier alpha value is -2.73. The average molecular weight is 384 g/mol. The second-order valence-corrected chi connectivity index (χ2v) is 7.42. The van der Waals surface area contributed by atoms with Crippen molar-refractivity contribution in [3.05, 3.63) is 71.0 Å². The highest BCUT2D eigenvalue weighted by atomic mass is 19.1. The van der Waals surface area contributed by atoms with Gasteiger partial charge in [-0.15, -0.1) is 0 Å². The number of rotatable bonds is 6. The lowest BCUT2D eigenvalue weighted by Crippen LogP contribution is -3.14. The number of quaternary nitrogens is 1. The maximum atomic E-state index is 13.7. The van der Waals surface area contributed by atoms with Crippen LogP contribution in [0.4, 0.5) is 4.39 Å². The van der Waals surface area contributed by atoms with Crippen LogP contribution in [0.5, 0.6) is 0 Å². The van der Waals surface area contributed by atoms with Gasteiger partial charge in [0.1, 0.15) is 5.82 Å². The number of hydrogen-bond donors (Lipinski definition) is 3. The van der Waals surface area contributed by atoms with Gasteiger partial charge in [0.15, 0.2) is 6.54 Å². The lowest BCUT2D eigenvalue weighted by Gasteiger charge is -2.29. The number of hydrogen-bond acceptors (Lipinski definition) is 2. The average Bonchev–Trinajstić information content (AvgIpc) is 2.69. The third-order valence-corrected chi connectivity index (χ3v) is 5.17. The number of benzene rings is 2. The van der Waals surface area contributed by atoms with Crippen LogP contribution in [0, 0.1) is 12.7 Å². The fraction of sp³-hybridized carbons (Fsp3) is 0.364. The summed E-state index contributed by atoms with van der Waals surface area (Å²) < 4.78 is 13.7. The van der Waals surface area contributed by atoms with Crippen molar-refractivity contribution in [2.24, 2.45) is 0 Å². The first-order valence-corrected chi connectivity index (χ1v) is 9.72. The van der Waals surface area contributed by atoms with Gasteiger partial charge in [-0.05, 0) is 24.6 Å². The molecule has 148 valence electrons. The molecule has 3 rings (SSSR count). The van der Waals surface area contributed by atoms with Crippen LogP contribution in [-0.4, -0.2) is 37.5 Å². The Morgan fingerprint density at radius 3 is 2.43 bits per heavy atom. The number of halogens is 1. The Bertz CT molecular complexity index is 815. The van der Waals surface area contributed by atoms with Crippen molar-refractivity contribution in [3.8, 4) is 0 Å². The van der Waals surface area contributed by atoms with E-state index < -0.39 is 5.82 Å². The third kappa shape index (κ3) is 5.63. The first-order chi connectivity index (χ1) is 13.5. The molecule has 1 aliphatic heterocycles. The highest BCUT2D eigenvalue weighted by molar-refractivity contribution is 5.94. The van der Waals surface area contributed by atoms with Gasteiger partial charge in [0.25, 0.3) is 11.8 Å². The zero-order chi connectivity index (χ0) is 19.9. The summed E-state index contributed by atoms with van der Waals surface area (Å²) in [6.07, 6.45) is 1.56. The van der Waals surface area contributed by atoms with Crippen molar-refractivity contribution in [3.63, 3.8) is 0 Å². The highest BCUT2D eigenvalue weighted by Gasteiger charge is 2.25. The lowest BCUT2D eigenvalue weighted by molar-refractivity contribution is -0.897. The quantitative estimate of drug-likeness (QED) is 0.702. The normalized spacial score (nSPS) is 19.1. The minimum absolute atomic E-state index is 0.0199. The largest absolute Gasteiger partial charge is 0.349 e. The number of aryl methyl sites for hydroxylation is 1. The van der Waals surface area contributed by atoms with Gasteiger partial charge in [-0.25, -0.2) is 4.39 Å². The number of nitrogens with one attached hydrogen (secondary N) is 3. The van der Waals surface area contributed by atoms with Crippen LogP contribution >= 0.6 is 0 Å². The second-order valence-electron chi connectivity index (χ2n) is 7.42. The molecule has 0 radical (unpaired) electrons. The van der Waals surface area contributed by atoms with Gasteiger partial charge in [-0.2, -0.15) is 0 Å². The predicted molar refractivity (Wildman–Crippen MR) is 105 cm³/mol. The van der Waals surface area contributed by atoms with Crippen molar-refractivity contribution in [1.82, 2.24) is 10.6 Å². The molecule has 0 aromatic heterocycles. The van der Waals surface area contributed by atoms with E-state index in [-0.39, 0.29) is 23.4 Å². The van der Waals surface area contributed by atoms with Gasteiger partial charge in [-0.3, -0.25) is 9.59 Å². The van der Waals surface area contributed by atoms with E-state index in [0.717, 1.165) is 31.5 Å². The Morgan fingerprint density at radius 1 is 1.07 bits per heavy atom. The Morgan fingerprint density at radius 2 is 1.75 bits per heavy atom. The fourth-order valence-corrected chi connectivity index (χ4v) is 3.45. The van der Waals surface area contributed by atoms with Crippen LogP contribution in [0.25, 0.3) is 0 Å². The molecule has 0 spiro atoms. The SMILES string of the molecule is Cc1ccc(CNC(=O)C[NH+]2CCC(NC(=O)c3ccccc3F)CC2)cc1. The third-order valence-electron chi connectivity index (χ3n) is 5.17. The summed E-state index contributed by atoms with van der Waals surface area (Å²) in [7, 11) is 0. The molecule has 1 saturated heterocycles. The minimum atomic E-state index is -0.506. The summed E-state index contributed by atoms with van der Waals surface area (Å²) in [6, 6.07) is 14.1. The van der Waals surface area contributed by atoms with E-state index in [1.54, 1.807) is 12.1 Å². The maximum Gasteiger partial charge on any atom is 0.275 e. The van der Waals surface area contributed by atoms with Gasteiger partial charge in [0.05, 0.1) is 18.7 Å². The minimum Gasteiger partial charge on any atom is -0.349 e. The number of carbonyl (C=O) groups is 2. The first kappa shape index (κ1) is 20.0. The van der Waals surface area contributed by atoms with Crippen LogP contribution in [0.1, 0.15) is 34.3 Å². The number of carbonyl (C=O) groups excluding carboxylic acids is 2. The summed E-state index contributed by atoms with van der Waals surface area (Å²) in [6.45, 7) is 4.61. The van der Waals surface area contributed by atoms with Gasteiger partial charge >= 0.3 is 0 Å². The zero-order valence-electron chi connectivity index (χ0n) is 16.1. The van der Waals surface area contributed by atoms with Crippen molar-refractivity contribution in [2.45, 2.75) is 32.4 Å². The molecule has 28 heavy (non-hydrogen) atoms. The van der Waals surface area contributed by atoms with E-state index in [1.165, 1.54) is 22.6 Å². The topological polar surface area (TPSA) is 62.6 Å². The van der Waals surface area contributed by atoms with Crippen molar-refractivity contribution >= 4 is 11.8 Å². The molecule has 0 saturated carbocycles. The van der Waals surface area contributed by atoms with Crippen molar-refractivity contribution < 1.29 is 18.9 Å². The standard InChI is InChI=1S/C22H26FN3O2/c1-16-6-8-17(9-7-16)14-24-21(27)15-26-12-10-18(11-13-26)25-22(28)19-4-2-3-5-20(19)23/h2-9,18H,10-15H2,1H3,(H,24,27)(H,25,28)/p+1. The van der Waals surface area contributed by atoms with E-state index in [1.807, 2.05) is 31.2 Å². The predicted octanol–water partition coefficient (Wildman–Crippen LogP) is 1.23. The summed E-state index contributed by atoms with van der Waals surface area (Å²) in [5, 5.41) is 5.87. The Labute approximate surface area is 164 Å². The fourth-order valence-electron chi connectivity index (χ4n) is 3.45. The molecule has 1 fully saturated rings. The van der Waals surface area contributed by atoms with Crippen molar-refractivity contribution in [2.75, 3.05) is 19.6 Å². The molecule has 0 atom stereocenters. The summed E-state index contributed by atoms with van der Waals surface area (Å²) >= 11 is 0. The summed E-state index contributed by atoms with van der Waals surface area (Å²) in [4.78, 5) is 25.6. The molecule has 0 unspecified atom stereocenters. The first-order valence-electron chi connectivity index (χ1n) is 9.72. The van der Waals surface area contributed by atoms with E-state index in [0.29, 0.717) is 13.1 Å². The van der Waals surface area contributed by atoms with Gasteiger partial charge < -0.3 is 15.5 Å². The number of likely N-dealkylation sites (tertiary alicyclic amines) is 1. The number of piperidine rings is 1. The highest BCUT2D eigenvalue weighted by Crippen LogP contribution is 2.08. The molecule has 6 heteroatoms. The molecule has 5 nitrogen and oxygen atoms in total. The number of amides is 2. The van der Waals surface area contributed by atoms with E-state index >= 15 is 0 Å². The van der Waals surface area contributed by atoms with Crippen LogP contribution in [0.3, 0.4) is 0 Å². The smallest absolute Gasteiger partial charge is 0.275 e. The van der Waals surface area contributed by atoms with E-state index in [9.17, 15) is 14.0 Å². The lowest BCUT2D eigenvalue weighted by atomic mass is 10.0. The monoisotopic (exact) mass is 384 g/mol. The van der Waals surface area contributed by atoms with E-state index in [2.05, 4.69) is 10.6 Å². The molecule has 1 aliphatic rings. The molecule has 1 heterocycles. The van der Waals surface area contributed by atoms with Gasteiger partial charge in [0.2, 0.25) is 0 Å². The molecule has 2 aromatic carbocycles. The molecular formula is C22H27FN3O2+. The Kier molecular flexibility index (Phi) is 6.76. The molecule has 2 aromatic rings. The van der Waals surface area contributed by atoms with Gasteiger partial charge in [-0.1, -0.05) is 42.0 Å². The second kappa shape index (κ2) is 9.46. The molecule has 2 amide bonds. The Balaban J connectivity index is 1.39. The zero-order valence-corrected chi connectivity index (χ0v) is 16.1. The molecular weight excluding hydrogens is 357 g/mol. The van der Waals surface area contributed by atoms with Crippen LogP contribution in [-0.2, 0) is 11.3 Å². The van der Waals surface area contributed by atoms with Crippen LogP contribution < -0.4 is 15.5 Å². The molecule has 0 aliphatic carbocycles. The summed E-state index contributed by atoms with van der Waals surface area (Å²) in [5.41, 5.74) is 2.36. The van der Waals surface area contributed by atoms with Crippen molar-refractivity contribution in [1.29, 1.82) is 0 Å². The van der Waals surface area contributed by atoms with Crippen LogP contribution in [0.2, 0.25) is 0 Å². The maximum absolute atomic E-state index is 13.7. The van der Waals surface area contributed by atoms with Crippen LogP contribution in [0.15, 0.2) is 48.5 Å². The molecule has 3 N–H and O–H groups in total. The van der Waals surface area contributed by atoms with Gasteiger partial charge in [0, 0.05) is 25.4 Å². The molecule has 0 bridgehead atoms. The van der Waals surface area contributed by atoms with E-state index in [4.69, 9.17) is 0 Å².